The lowest BCUT2D eigenvalue weighted by Crippen LogP contribution is -2.29. The molecular weight excluding hydrogens is 460 g/mol. The first kappa shape index (κ1) is 24.6. The number of anilines is 2. The van der Waals surface area contributed by atoms with Crippen molar-refractivity contribution in [3.63, 3.8) is 0 Å². The molecule has 1 aromatic heterocycles. The van der Waals surface area contributed by atoms with E-state index in [0.717, 1.165) is 37.3 Å². The average Bonchev–Trinajstić information content (AvgIpc) is 3.22. The van der Waals surface area contributed by atoms with Crippen LogP contribution in [0.15, 0.2) is 53.6 Å². The van der Waals surface area contributed by atoms with Gasteiger partial charge in [-0.3, -0.25) is 9.52 Å². The number of aromatic nitrogens is 1. The van der Waals surface area contributed by atoms with Crippen molar-refractivity contribution in [3.8, 4) is 21.0 Å². The highest BCUT2D eigenvalue weighted by Gasteiger charge is 2.16. The van der Waals surface area contributed by atoms with Gasteiger partial charge in [-0.2, -0.15) is 0 Å². The lowest BCUT2D eigenvalue weighted by molar-refractivity contribution is -0.114. The molecule has 0 aliphatic heterocycles. The van der Waals surface area contributed by atoms with Gasteiger partial charge in [0.1, 0.15) is 10.8 Å². The zero-order chi connectivity index (χ0) is 23.3. The molecule has 0 fully saturated rings. The van der Waals surface area contributed by atoms with Gasteiger partial charge in [-0.1, -0.05) is 6.07 Å². The summed E-state index contributed by atoms with van der Waals surface area (Å²) < 4.78 is 18.1. The third-order valence-electron chi connectivity index (χ3n) is 4.17. The average molecular weight is 489 g/mol. The molecule has 0 aliphatic rings. The minimum absolute atomic E-state index is 0.0674. The van der Waals surface area contributed by atoms with Crippen molar-refractivity contribution in [2.75, 3.05) is 15.8 Å². The second kappa shape index (κ2) is 10.7. The number of carbonyl (C=O) groups excluding carboxylic acids is 1. The highest BCUT2D eigenvalue weighted by Crippen LogP contribution is 2.38. The van der Waals surface area contributed by atoms with Crippen LogP contribution in [0, 0.1) is 0 Å². The molecule has 0 aliphatic carbocycles. The van der Waals surface area contributed by atoms with Gasteiger partial charge in [0.2, 0.25) is 5.91 Å². The smallest absolute Gasteiger partial charge is 0.221 e. The van der Waals surface area contributed by atoms with Crippen LogP contribution in [-0.2, 0) is 16.2 Å². The summed E-state index contributed by atoms with van der Waals surface area (Å²) in [5, 5.41) is 3.77. The van der Waals surface area contributed by atoms with E-state index in [-0.39, 0.29) is 11.4 Å². The molecule has 1 heterocycles. The van der Waals surface area contributed by atoms with Gasteiger partial charge in [-0.05, 0) is 76.0 Å². The van der Waals surface area contributed by atoms with E-state index >= 15 is 0 Å². The van der Waals surface area contributed by atoms with E-state index in [0.29, 0.717) is 5.75 Å². The molecule has 170 valence electrons. The fourth-order valence-corrected chi connectivity index (χ4v) is 5.17. The minimum atomic E-state index is -1.06. The first-order valence-corrected chi connectivity index (χ1v) is 13.2. The van der Waals surface area contributed by atoms with E-state index in [1.54, 1.807) is 23.3 Å². The Morgan fingerprint density at radius 1 is 1.16 bits per heavy atom. The fourth-order valence-electron chi connectivity index (χ4n) is 2.72. The van der Waals surface area contributed by atoms with Crippen LogP contribution in [0.3, 0.4) is 0 Å². The van der Waals surface area contributed by atoms with Gasteiger partial charge in [0.15, 0.2) is 0 Å². The van der Waals surface area contributed by atoms with Crippen molar-refractivity contribution in [1.82, 2.24) is 9.71 Å². The number of nitrogens with zero attached hydrogens (tertiary/aromatic N) is 1. The quantitative estimate of drug-likeness (QED) is 0.269. The molecule has 0 saturated carbocycles. The molecule has 1 amide bonds. The highest BCUT2D eigenvalue weighted by molar-refractivity contribution is 7.97. The summed E-state index contributed by atoms with van der Waals surface area (Å²) in [6.07, 6.45) is 1.88. The van der Waals surface area contributed by atoms with Crippen LogP contribution in [0.1, 0.15) is 34.6 Å². The predicted octanol–water partition coefficient (Wildman–Crippen LogP) is 5.93. The number of benzene rings is 2. The molecule has 0 saturated heterocycles. The monoisotopic (exact) mass is 488 g/mol. The Kier molecular flexibility index (Phi) is 8.24. The zero-order valence-electron chi connectivity index (χ0n) is 18.8. The Balaban J connectivity index is 1.87. The van der Waals surface area contributed by atoms with E-state index in [4.69, 9.17) is 0 Å². The van der Waals surface area contributed by atoms with Crippen LogP contribution in [0.25, 0.3) is 21.0 Å². The van der Waals surface area contributed by atoms with Gasteiger partial charge >= 0.3 is 0 Å². The Morgan fingerprint density at radius 2 is 1.84 bits per heavy atom. The molecule has 2 aromatic carbocycles. The summed E-state index contributed by atoms with van der Waals surface area (Å²) in [6, 6.07) is 13.7. The molecule has 9 heteroatoms. The molecule has 1 atom stereocenters. The second-order valence-electron chi connectivity index (χ2n) is 8.19. The van der Waals surface area contributed by atoms with Gasteiger partial charge in [-0.25, -0.2) is 9.71 Å². The standard InChI is InChI=1S/C23H28N4O2S3/c1-6-32(29)26-17-9-7-16(8-10-17)22-24-14-21(30-22)19-12-11-18(25-15(2)28)13-20(19)31-27-23(3,4)5/h7-14,26-27H,6H2,1-5H3,(H,25,28). The Bertz CT molecular complexity index is 1060. The van der Waals surface area contributed by atoms with E-state index in [1.165, 1.54) is 6.92 Å². The van der Waals surface area contributed by atoms with Crippen LogP contribution >= 0.6 is 23.3 Å². The summed E-state index contributed by atoms with van der Waals surface area (Å²) in [5.41, 5.74) is 3.58. The summed E-state index contributed by atoms with van der Waals surface area (Å²) in [4.78, 5) is 18.2. The van der Waals surface area contributed by atoms with Crippen LogP contribution in [0.4, 0.5) is 11.4 Å². The van der Waals surface area contributed by atoms with E-state index in [2.05, 4.69) is 40.5 Å². The van der Waals surface area contributed by atoms with Gasteiger partial charge < -0.3 is 9.87 Å². The third-order valence-corrected chi connectivity index (χ3v) is 7.51. The number of nitrogens with one attached hydrogen (secondary N) is 3. The molecule has 6 nitrogen and oxygen atoms in total. The summed E-state index contributed by atoms with van der Waals surface area (Å²) in [6.45, 7) is 9.70. The van der Waals surface area contributed by atoms with E-state index in [9.17, 15) is 9.35 Å². The number of amides is 1. The number of hydrogen-bond acceptors (Lipinski definition) is 7. The van der Waals surface area contributed by atoms with Gasteiger partial charge in [0.25, 0.3) is 0 Å². The maximum atomic E-state index is 11.7. The Hall–Kier alpha value is -2.04. The molecule has 3 aromatic rings. The normalized spacial score (nSPS) is 12.4. The molecule has 0 bridgehead atoms. The third kappa shape index (κ3) is 6.98. The predicted molar refractivity (Wildman–Crippen MR) is 138 cm³/mol. The SMILES string of the molecule is CC[S+]([O-])Nc1ccc(-c2ncc(-c3ccc(NC(C)=O)cc3SNC(C)(C)C)s2)cc1. The topological polar surface area (TPSA) is 89.1 Å². The maximum absolute atomic E-state index is 11.7. The van der Waals surface area contributed by atoms with Gasteiger partial charge in [0.05, 0.1) is 21.9 Å². The van der Waals surface area contributed by atoms with Crippen molar-refractivity contribution in [3.05, 3.63) is 48.7 Å². The molecular formula is C23H28N4O2S3. The fraction of sp³-hybridized carbons (Fsp3) is 0.304. The molecule has 0 radical (unpaired) electrons. The van der Waals surface area contributed by atoms with Crippen LogP contribution in [0.5, 0.6) is 0 Å². The molecule has 32 heavy (non-hydrogen) atoms. The number of thiazole rings is 1. The largest absolute Gasteiger partial charge is 0.593 e. The van der Waals surface area contributed by atoms with Crippen molar-refractivity contribution in [1.29, 1.82) is 0 Å². The van der Waals surface area contributed by atoms with Crippen molar-refractivity contribution >= 4 is 51.9 Å². The van der Waals surface area contributed by atoms with Gasteiger partial charge in [0, 0.05) is 40.4 Å². The van der Waals surface area contributed by atoms with Crippen LogP contribution in [-0.4, -0.2) is 26.7 Å². The summed E-state index contributed by atoms with van der Waals surface area (Å²) in [7, 11) is 0. The number of hydrogen-bond donors (Lipinski definition) is 3. The number of rotatable bonds is 8. The van der Waals surface area contributed by atoms with Crippen molar-refractivity contribution in [2.45, 2.75) is 45.1 Å². The van der Waals surface area contributed by atoms with Gasteiger partial charge in [-0.15, -0.1) is 11.3 Å². The van der Waals surface area contributed by atoms with Crippen LogP contribution < -0.4 is 14.8 Å². The summed E-state index contributed by atoms with van der Waals surface area (Å²) >= 11 is 2.09. The highest BCUT2D eigenvalue weighted by atomic mass is 32.2. The Labute approximate surface area is 201 Å². The molecule has 1 unspecified atom stereocenters. The first-order valence-electron chi connectivity index (χ1n) is 10.2. The first-order chi connectivity index (χ1) is 15.1. The van der Waals surface area contributed by atoms with Crippen molar-refractivity contribution in [2.24, 2.45) is 0 Å². The van der Waals surface area contributed by atoms with Crippen molar-refractivity contribution < 1.29 is 9.35 Å². The molecule has 3 N–H and O–H groups in total. The summed E-state index contributed by atoms with van der Waals surface area (Å²) in [5.74, 6) is 0.459. The van der Waals surface area contributed by atoms with E-state index in [1.807, 2.05) is 55.6 Å². The van der Waals surface area contributed by atoms with Crippen LogP contribution in [0.2, 0.25) is 0 Å². The molecule has 3 rings (SSSR count). The zero-order valence-corrected chi connectivity index (χ0v) is 21.3. The maximum Gasteiger partial charge on any atom is 0.221 e. The Morgan fingerprint density at radius 3 is 2.47 bits per heavy atom. The lowest BCUT2D eigenvalue weighted by atomic mass is 10.1. The minimum Gasteiger partial charge on any atom is -0.593 e. The lowest BCUT2D eigenvalue weighted by Gasteiger charge is -2.20. The molecule has 0 spiro atoms. The van der Waals surface area contributed by atoms with E-state index < -0.39 is 11.4 Å². The second-order valence-corrected chi connectivity index (χ2v) is 11.5. The number of carbonyl (C=O) groups is 1.